The number of halogens is 1. The van der Waals surface area contributed by atoms with Crippen molar-refractivity contribution >= 4 is 17.6 Å². The SMILES string of the molecule is CNC(Cn1cc(Cl)c(C)n1)C(=O)OC. The maximum atomic E-state index is 11.3. The Hall–Kier alpha value is -1.07. The smallest absolute Gasteiger partial charge is 0.324 e. The van der Waals surface area contributed by atoms with Crippen molar-refractivity contribution in [3.8, 4) is 0 Å². The minimum absolute atomic E-state index is 0.318. The summed E-state index contributed by atoms with van der Waals surface area (Å²) in [4.78, 5) is 11.3. The van der Waals surface area contributed by atoms with Crippen LogP contribution in [0.2, 0.25) is 5.02 Å². The number of carbonyl (C=O) groups excluding carboxylic acids is 1. The average Bonchev–Trinajstić information content (AvgIpc) is 2.53. The van der Waals surface area contributed by atoms with Gasteiger partial charge >= 0.3 is 5.97 Å². The van der Waals surface area contributed by atoms with Gasteiger partial charge in [0.15, 0.2) is 0 Å². The Labute approximate surface area is 93.4 Å². The summed E-state index contributed by atoms with van der Waals surface area (Å²) in [5.41, 5.74) is 0.747. The molecule has 84 valence electrons. The molecule has 5 nitrogen and oxygen atoms in total. The first-order valence-electron chi connectivity index (χ1n) is 4.53. The van der Waals surface area contributed by atoms with Crippen LogP contribution < -0.4 is 5.32 Å². The monoisotopic (exact) mass is 231 g/mol. The fourth-order valence-corrected chi connectivity index (χ4v) is 1.35. The molecule has 1 rings (SSSR count). The van der Waals surface area contributed by atoms with Crippen LogP contribution in [0.3, 0.4) is 0 Å². The number of ether oxygens (including phenoxy) is 1. The first-order valence-corrected chi connectivity index (χ1v) is 4.91. The highest BCUT2D eigenvalue weighted by Crippen LogP contribution is 2.12. The maximum Gasteiger partial charge on any atom is 0.324 e. The molecule has 6 heteroatoms. The lowest BCUT2D eigenvalue weighted by Gasteiger charge is -2.13. The summed E-state index contributed by atoms with van der Waals surface area (Å²) in [6.45, 7) is 2.21. The van der Waals surface area contributed by atoms with Gasteiger partial charge in [-0.3, -0.25) is 9.48 Å². The van der Waals surface area contributed by atoms with E-state index in [1.54, 1.807) is 17.9 Å². The lowest BCUT2D eigenvalue weighted by atomic mass is 10.3. The first kappa shape index (κ1) is 12.0. The number of likely N-dealkylation sites (N-methyl/N-ethyl adjacent to an activating group) is 1. The van der Waals surface area contributed by atoms with Crippen LogP contribution in [0.15, 0.2) is 6.20 Å². The molecule has 0 aliphatic rings. The number of hydrogen-bond donors (Lipinski definition) is 1. The van der Waals surface area contributed by atoms with Gasteiger partial charge in [-0.25, -0.2) is 0 Å². The van der Waals surface area contributed by atoms with Crippen molar-refractivity contribution in [2.24, 2.45) is 0 Å². The van der Waals surface area contributed by atoms with Gasteiger partial charge in [-0.05, 0) is 14.0 Å². The molecule has 0 bridgehead atoms. The standard InChI is InChI=1S/C9H14ClN3O2/c1-6-7(10)4-13(12-6)5-8(11-2)9(14)15-3/h4,8,11H,5H2,1-3H3. The molecule has 0 saturated carbocycles. The summed E-state index contributed by atoms with van der Waals surface area (Å²) in [6.07, 6.45) is 1.68. The molecule has 15 heavy (non-hydrogen) atoms. The highest BCUT2D eigenvalue weighted by atomic mass is 35.5. The summed E-state index contributed by atoms with van der Waals surface area (Å²) in [6, 6.07) is -0.412. The Morgan fingerprint density at radius 2 is 2.47 bits per heavy atom. The molecule has 0 fully saturated rings. The van der Waals surface area contributed by atoms with Crippen molar-refractivity contribution in [3.63, 3.8) is 0 Å². The minimum atomic E-state index is -0.412. The third kappa shape index (κ3) is 2.94. The van der Waals surface area contributed by atoms with Crippen molar-refractivity contribution in [1.82, 2.24) is 15.1 Å². The molecule has 1 atom stereocenters. The zero-order valence-electron chi connectivity index (χ0n) is 8.95. The Bertz CT molecular complexity index is 332. The van der Waals surface area contributed by atoms with E-state index in [9.17, 15) is 4.79 Å². The zero-order valence-corrected chi connectivity index (χ0v) is 9.71. The molecule has 0 aromatic carbocycles. The van der Waals surface area contributed by atoms with E-state index in [1.165, 1.54) is 7.11 Å². The van der Waals surface area contributed by atoms with E-state index in [4.69, 9.17) is 11.6 Å². The summed E-state index contributed by atoms with van der Waals surface area (Å²) in [5.74, 6) is -0.318. The van der Waals surface area contributed by atoms with Gasteiger partial charge in [0.05, 0.1) is 24.4 Å². The number of carbonyl (C=O) groups is 1. The van der Waals surface area contributed by atoms with Gasteiger partial charge in [-0.1, -0.05) is 11.6 Å². The fourth-order valence-electron chi connectivity index (χ4n) is 1.20. The number of hydrogen-bond acceptors (Lipinski definition) is 4. The number of nitrogens with one attached hydrogen (secondary N) is 1. The number of methoxy groups -OCH3 is 1. The lowest BCUT2D eigenvalue weighted by Crippen LogP contribution is -2.38. The van der Waals surface area contributed by atoms with E-state index < -0.39 is 6.04 Å². The van der Waals surface area contributed by atoms with E-state index in [1.807, 2.05) is 6.92 Å². The molecule has 1 aromatic heterocycles. The number of esters is 1. The third-order valence-corrected chi connectivity index (χ3v) is 2.46. The van der Waals surface area contributed by atoms with Gasteiger partial charge in [0.25, 0.3) is 0 Å². The largest absolute Gasteiger partial charge is 0.468 e. The van der Waals surface area contributed by atoms with Crippen LogP contribution >= 0.6 is 11.6 Å². The molecule has 0 radical (unpaired) electrons. The third-order valence-electron chi connectivity index (χ3n) is 2.09. The van der Waals surface area contributed by atoms with E-state index in [0.717, 1.165) is 5.69 Å². The molecule has 0 aliphatic carbocycles. The van der Waals surface area contributed by atoms with Crippen molar-refractivity contribution < 1.29 is 9.53 Å². The zero-order chi connectivity index (χ0) is 11.4. The van der Waals surface area contributed by atoms with Gasteiger partial charge < -0.3 is 10.1 Å². The summed E-state index contributed by atoms with van der Waals surface area (Å²) >= 11 is 5.85. The van der Waals surface area contributed by atoms with Gasteiger partial charge in [-0.2, -0.15) is 5.10 Å². The van der Waals surface area contributed by atoms with E-state index in [2.05, 4.69) is 15.2 Å². The predicted molar refractivity (Wildman–Crippen MR) is 56.8 cm³/mol. The average molecular weight is 232 g/mol. The van der Waals surface area contributed by atoms with Crippen molar-refractivity contribution in [3.05, 3.63) is 16.9 Å². The first-order chi connectivity index (χ1) is 7.08. The topological polar surface area (TPSA) is 56.2 Å². The molecular weight excluding hydrogens is 218 g/mol. The van der Waals surface area contributed by atoms with Crippen molar-refractivity contribution in [2.45, 2.75) is 19.5 Å². The quantitative estimate of drug-likeness (QED) is 0.772. The number of rotatable bonds is 4. The lowest BCUT2D eigenvalue weighted by molar-refractivity contribution is -0.143. The van der Waals surface area contributed by atoms with Gasteiger partial charge in [0, 0.05) is 6.20 Å². The molecule has 1 N–H and O–H groups in total. The van der Waals surface area contributed by atoms with Crippen molar-refractivity contribution in [2.75, 3.05) is 14.2 Å². The normalized spacial score (nSPS) is 12.5. The van der Waals surface area contributed by atoms with Gasteiger partial charge in [-0.15, -0.1) is 0 Å². The molecular formula is C9H14ClN3O2. The van der Waals surface area contributed by atoms with Crippen molar-refractivity contribution in [1.29, 1.82) is 0 Å². The highest BCUT2D eigenvalue weighted by Gasteiger charge is 2.18. The second-order valence-corrected chi connectivity index (χ2v) is 3.56. The maximum absolute atomic E-state index is 11.3. The van der Waals surface area contributed by atoms with E-state index >= 15 is 0 Å². The molecule has 1 aromatic rings. The number of aryl methyl sites for hydroxylation is 1. The minimum Gasteiger partial charge on any atom is -0.468 e. The van der Waals surface area contributed by atoms with Crippen LogP contribution in [0.4, 0.5) is 0 Å². The molecule has 1 unspecified atom stereocenters. The van der Waals surface area contributed by atoms with Gasteiger partial charge in [0.1, 0.15) is 6.04 Å². The summed E-state index contributed by atoms with van der Waals surface area (Å²) < 4.78 is 6.26. The second-order valence-electron chi connectivity index (χ2n) is 3.15. The number of aromatic nitrogens is 2. The molecule has 1 heterocycles. The Morgan fingerprint density at radius 1 is 1.80 bits per heavy atom. The van der Waals surface area contributed by atoms with E-state index in [0.29, 0.717) is 11.6 Å². The summed E-state index contributed by atoms with van der Waals surface area (Å²) in [7, 11) is 3.05. The van der Waals surface area contributed by atoms with Crippen LogP contribution in [0.25, 0.3) is 0 Å². The van der Waals surface area contributed by atoms with Crippen LogP contribution in [-0.2, 0) is 16.1 Å². The Morgan fingerprint density at radius 3 is 2.87 bits per heavy atom. The second kappa shape index (κ2) is 5.14. The van der Waals surface area contributed by atoms with Gasteiger partial charge in [0.2, 0.25) is 0 Å². The highest BCUT2D eigenvalue weighted by molar-refractivity contribution is 6.31. The van der Waals surface area contributed by atoms with Crippen LogP contribution in [0.1, 0.15) is 5.69 Å². The molecule has 0 saturated heterocycles. The Kier molecular flexibility index (Phi) is 4.11. The van der Waals surface area contributed by atoms with Crippen LogP contribution in [0.5, 0.6) is 0 Å². The van der Waals surface area contributed by atoms with Crippen LogP contribution in [0, 0.1) is 6.92 Å². The predicted octanol–water partition coefficient (Wildman–Crippen LogP) is 0.606. The van der Waals surface area contributed by atoms with E-state index in [-0.39, 0.29) is 5.97 Å². The molecule has 0 aliphatic heterocycles. The Balaban J connectivity index is 2.70. The molecule has 0 amide bonds. The summed E-state index contributed by atoms with van der Waals surface area (Å²) in [5, 5.41) is 7.60. The molecule has 0 spiro atoms. The van der Waals surface area contributed by atoms with Crippen LogP contribution in [-0.4, -0.2) is 35.9 Å². The fraction of sp³-hybridized carbons (Fsp3) is 0.556. The number of nitrogens with zero attached hydrogens (tertiary/aromatic N) is 2.